The Morgan fingerprint density at radius 2 is 1.94 bits per heavy atom. The summed E-state index contributed by atoms with van der Waals surface area (Å²) in [6.07, 6.45) is 1.46. The van der Waals surface area contributed by atoms with Crippen LogP contribution >= 0.6 is 15.9 Å². The Balaban J connectivity index is 2.59. The molecule has 5 nitrogen and oxygen atoms in total. The molecule has 0 amide bonds. The molecule has 0 radical (unpaired) electrons. The molecule has 0 unspecified atom stereocenters. The van der Waals surface area contributed by atoms with Gasteiger partial charge >= 0.3 is 11.9 Å². The molecule has 0 saturated heterocycles. The second-order valence-electron chi connectivity index (χ2n) is 3.66. The fourth-order valence-corrected chi connectivity index (χ4v) is 1.95. The number of halogens is 1. The predicted octanol–water partition coefficient (Wildman–Crippen LogP) is 2.30. The zero-order chi connectivity index (χ0) is 13.3. The molecule has 0 saturated carbocycles. The molecule has 0 bridgehead atoms. The minimum absolute atomic E-state index is 0.347. The quantitative estimate of drug-likeness (QED) is 0.799. The third kappa shape index (κ3) is 2.53. The SMILES string of the molecule is CC(=O)Oc1cn(OC(C)=O)c2ccc(Br)cc12. The van der Waals surface area contributed by atoms with Crippen LogP contribution in [0.2, 0.25) is 0 Å². The summed E-state index contributed by atoms with van der Waals surface area (Å²) in [5, 5.41) is 0.681. The van der Waals surface area contributed by atoms with Gasteiger partial charge < -0.3 is 9.57 Å². The predicted molar refractivity (Wildman–Crippen MR) is 68.2 cm³/mol. The van der Waals surface area contributed by atoms with Crippen molar-refractivity contribution in [1.29, 1.82) is 0 Å². The summed E-state index contributed by atoms with van der Waals surface area (Å²) < 4.78 is 7.19. The van der Waals surface area contributed by atoms with Gasteiger partial charge in [-0.15, -0.1) is 0 Å². The van der Waals surface area contributed by atoms with Crippen LogP contribution in [0.15, 0.2) is 28.9 Å². The van der Waals surface area contributed by atoms with E-state index in [1.165, 1.54) is 24.8 Å². The Morgan fingerprint density at radius 3 is 2.56 bits per heavy atom. The van der Waals surface area contributed by atoms with Gasteiger partial charge in [0.25, 0.3) is 0 Å². The van der Waals surface area contributed by atoms with E-state index in [4.69, 9.17) is 9.57 Å². The summed E-state index contributed by atoms with van der Waals surface area (Å²) in [7, 11) is 0. The first-order chi connectivity index (χ1) is 8.47. The lowest BCUT2D eigenvalue weighted by molar-refractivity contribution is -0.140. The second-order valence-corrected chi connectivity index (χ2v) is 4.57. The van der Waals surface area contributed by atoms with Gasteiger partial charge in [-0.1, -0.05) is 15.9 Å². The van der Waals surface area contributed by atoms with Crippen molar-refractivity contribution in [3.05, 3.63) is 28.9 Å². The summed E-state index contributed by atoms with van der Waals surface area (Å²) in [6.45, 7) is 2.61. The van der Waals surface area contributed by atoms with E-state index in [1.807, 2.05) is 0 Å². The molecule has 6 heteroatoms. The van der Waals surface area contributed by atoms with Gasteiger partial charge in [-0.2, -0.15) is 4.73 Å². The number of benzene rings is 1. The van der Waals surface area contributed by atoms with E-state index >= 15 is 0 Å². The topological polar surface area (TPSA) is 57.5 Å². The van der Waals surface area contributed by atoms with Gasteiger partial charge in [-0.3, -0.25) is 4.79 Å². The number of esters is 1. The molecular formula is C12H10BrNO4. The molecule has 2 rings (SSSR count). The summed E-state index contributed by atoms with van der Waals surface area (Å²) in [5.74, 6) is -0.541. The standard InChI is InChI=1S/C12H10BrNO4/c1-7(15)17-12-6-14(18-8(2)16)11-4-3-9(13)5-10(11)12/h3-6H,1-2H3. The van der Waals surface area contributed by atoms with Crippen molar-refractivity contribution >= 4 is 38.8 Å². The minimum atomic E-state index is -0.454. The Morgan fingerprint density at radius 1 is 1.22 bits per heavy atom. The smallest absolute Gasteiger partial charge is 0.329 e. The van der Waals surface area contributed by atoms with Crippen molar-refractivity contribution in [2.75, 3.05) is 0 Å². The van der Waals surface area contributed by atoms with Crippen LogP contribution in [0.4, 0.5) is 0 Å². The maximum atomic E-state index is 11.0. The molecule has 0 N–H and O–H groups in total. The van der Waals surface area contributed by atoms with Gasteiger partial charge in [0, 0.05) is 23.7 Å². The van der Waals surface area contributed by atoms with Gasteiger partial charge in [0.1, 0.15) is 0 Å². The Labute approximate surface area is 111 Å². The van der Waals surface area contributed by atoms with E-state index in [-0.39, 0.29) is 0 Å². The number of ether oxygens (including phenoxy) is 1. The maximum Gasteiger partial charge on any atom is 0.329 e. The fraction of sp³-hybridized carbons (Fsp3) is 0.167. The Bertz CT molecular complexity index is 632. The van der Waals surface area contributed by atoms with Crippen LogP contribution in [-0.2, 0) is 9.59 Å². The average molecular weight is 312 g/mol. The van der Waals surface area contributed by atoms with Crippen molar-refractivity contribution in [3.63, 3.8) is 0 Å². The highest BCUT2D eigenvalue weighted by atomic mass is 79.9. The van der Waals surface area contributed by atoms with Crippen molar-refractivity contribution in [1.82, 2.24) is 4.73 Å². The average Bonchev–Trinajstić information content (AvgIpc) is 2.54. The van der Waals surface area contributed by atoms with Gasteiger partial charge in [-0.25, -0.2) is 4.79 Å². The van der Waals surface area contributed by atoms with Crippen molar-refractivity contribution in [2.24, 2.45) is 0 Å². The van der Waals surface area contributed by atoms with Crippen molar-refractivity contribution in [2.45, 2.75) is 13.8 Å². The molecule has 1 aromatic carbocycles. The highest BCUT2D eigenvalue weighted by molar-refractivity contribution is 9.10. The summed E-state index contributed by atoms with van der Waals surface area (Å²) in [6, 6.07) is 5.35. The zero-order valence-corrected chi connectivity index (χ0v) is 11.4. The number of hydrogen-bond donors (Lipinski definition) is 0. The van der Waals surface area contributed by atoms with E-state index in [1.54, 1.807) is 18.2 Å². The summed E-state index contributed by atoms with van der Waals surface area (Å²) in [5.41, 5.74) is 0.643. The first kappa shape index (κ1) is 12.6. The van der Waals surface area contributed by atoms with Crippen molar-refractivity contribution in [3.8, 4) is 5.75 Å². The van der Waals surface area contributed by atoms with Gasteiger partial charge in [0.05, 0.1) is 11.7 Å². The highest BCUT2D eigenvalue weighted by Gasteiger charge is 2.13. The maximum absolute atomic E-state index is 11.0. The Kier molecular flexibility index (Phi) is 3.38. The third-order valence-electron chi connectivity index (χ3n) is 2.18. The third-order valence-corrected chi connectivity index (χ3v) is 2.67. The molecule has 0 fully saturated rings. The molecular weight excluding hydrogens is 302 g/mol. The monoisotopic (exact) mass is 311 g/mol. The van der Waals surface area contributed by atoms with E-state index in [2.05, 4.69) is 15.9 Å². The fourth-order valence-electron chi connectivity index (χ4n) is 1.59. The van der Waals surface area contributed by atoms with E-state index in [0.717, 1.165) is 4.47 Å². The molecule has 0 aliphatic rings. The minimum Gasteiger partial charge on any atom is -0.424 e. The number of hydrogen-bond acceptors (Lipinski definition) is 4. The van der Waals surface area contributed by atoms with Gasteiger partial charge in [0.2, 0.25) is 0 Å². The molecule has 18 heavy (non-hydrogen) atoms. The van der Waals surface area contributed by atoms with Gasteiger partial charge in [-0.05, 0) is 18.2 Å². The lowest BCUT2D eigenvalue weighted by Gasteiger charge is -2.02. The van der Waals surface area contributed by atoms with Crippen LogP contribution in [0.5, 0.6) is 5.75 Å². The van der Waals surface area contributed by atoms with Crippen LogP contribution in [0.25, 0.3) is 10.9 Å². The van der Waals surface area contributed by atoms with Gasteiger partial charge in [0.15, 0.2) is 5.75 Å². The molecule has 0 spiro atoms. The summed E-state index contributed by atoms with van der Waals surface area (Å²) in [4.78, 5) is 27.0. The largest absolute Gasteiger partial charge is 0.424 e. The van der Waals surface area contributed by atoms with E-state index in [0.29, 0.717) is 16.7 Å². The number of carbonyl (C=O) groups excluding carboxylic acids is 2. The second kappa shape index (κ2) is 4.81. The first-order valence-corrected chi connectivity index (χ1v) is 5.94. The normalized spacial score (nSPS) is 10.4. The van der Waals surface area contributed by atoms with E-state index < -0.39 is 11.9 Å². The van der Waals surface area contributed by atoms with Crippen LogP contribution in [-0.4, -0.2) is 16.7 Å². The number of rotatable bonds is 2. The van der Waals surface area contributed by atoms with Crippen molar-refractivity contribution < 1.29 is 19.2 Å². The number of fused-ring (bicyclic) bond motifs is 1. The lowest BCUT2D eigenvalue weighted by Crippen LogP contribution is -2.15. The number of nitrogens with zero attached hydrogens (tertiary/aromatic N) is 1. The lowest BCUT2D eigenvalue weighted by atomic mass is 10.2. The van der Waals surface area contributed by atoms with Crippen LogP contribution in [0.1, 0.15) is 13.8 Å². The van der Waals surface area contributed by atoms with Crippen LogP contribution < -0.4 is 9.57 Å². The molecule has 94 valence electrons. The van der Waals surface area contributed by atoms with E-state index in [9.17, 15) is 9.59 Å². The van der Waals surface area contributed by atoms with Crippen LogP contribution in [0.3, 0.4) is 0 Å². The first-order valence-electron chi connectivity index (χ1n) is 5.15. The Hall–Kier alpha value is -1.82. The zero-order valence-electron chi connectivity index (χ0n) is 9.77. The molecule has 0 aliphatic heterocycles. The molecule has 2 aromatic rings. The number of aromatic nitrogens is 1. The van der Waals surface area contributed by atoms with Crippen LogP contribution in [0, 0.1) is 0 Å². The molecule has 1 aromatic heterocycles. The molecule has 1 heterocycles. The highest BCUT2D eigenvalue weighted by Crippen LogP contribution is 2.30. The number of carbonyl (C=O) groups is 2. The molecule has 0 atom stereocenters. The molecule has 0 aliphatic carbocycles. The summed E-state index contributed by atoms with van der Waals surface area (Å²) >= 11 is 3.34.